The minimum Gasteiger partial charge on any atom is -0.355 e. The summed E-state index contributed by atoms with van der Waals surface area (Å²) in [5.74, 6) is -1.15. The first-order chi connectivity index (χ1) is 9.97. The molecular formula is C15H23N3O3. The summed E-state index contributed by atoms with van der Waals surface area (Å²) in [6.45, 7) is 10.3. The molecule has 3 amide bonds. The molecule has 0 aromatic rings. The van der Waals surface area contributed by atoms with Crippen molar-refractivity contribution in [3.8, 4) is 0 Å². The smallest absolute Gasteiger partial charge is 0.246 e. The van der Waals surface area contributed by atoms with Crippen LogP contribution in [-0.2, 0) is 14.4 Å². The van der Waals surface area contributed by atoms with Gasteiger partial charge in [0.15, 0.2) is 0 Å². The van der Waals surface area contributed by atoms with E-state index in [1.54, 1.807) is 6.92 Å². The van der Waals surface area contributed by atoms with Crippen molar-refractivity contribution in [1.29, 1.82) is 0 Å². The van der Waals surface area contributed by atoms with Crippen molar-refractivity contribution < 1.29 is 14.4 Å². The van der Waals surface area contributed by atoms with Crippen molar-refractivity contribution in [2.45, 2.75) is 26.2 Å². The molecule has 1 aliphatic heterocycles. The van der Waals surface area contributed by atoms with E-state index in [1.165, 1.54) is 11.1 Å². The predicted molar refractivity (Wildman–Crippen MR) is 80.1 cm³/mol. The SMILES string of the molecule is C=CN1CCC(C(=O)NCCCCNC(=O)C(=C)C)C1=O. The number of amides is 3. The van der Waals surface area contributed by atoms with Crippen LogP contribution in [0.3, 0.4) is 0 Å². The van der Waals surface area contributed by atoms with Crippen LogP contribution in [0.15, 0.2) is 24.9 Å². The van der Waals surface area contributed by atoms with E-state index in [1.807, 2.05) is 0 Å². The molecule has 0 spiro atoms. The van der Waals surface area contributed by atoms with Gasteiger partial charge in [-0.05, 0) is 32.4 Å². The fourth-order valence-corrected chi connectivity index (χ4v) is 2.06. The summed E-state index contributed by atoms with van der Waals surface area (Å²) >= 11 is 0. The van der Waals surface area contributed by atoms with Gasteiger partial charge in [-0.2, -0.15) is 0 Å². The average molecular weight is 293 g/mol. The second-order valence-corrected chi connectivity index (χ2v) is 5.09. The van der Waals surface area contributed by atoms with E-state index in [9.17, 15) is 14.4 Å². The van der Waals surface area contributed by atoms with Crippen molar-refractivity contribution in [1.82, 2.24) is 15.5 Å². The van der Waals surface area contributed by atoms with E-state index >= 15 is 0 Å². The fraction of sp³-hybridized carbons (Fsp3) is 0.533. The molecule has 116 valence electrons. The summed E-state index contributed by atoms with van der Waals surface area (Å²) in [5, 5.41) is 5.48. The van der Waals surface area contributed by atoms with Crippen LogP contribution in [0.5, 0.6) is 0 Å². The monoisotopic (exact) mass is 293 g/mol. The van der Waals surface area contributed by atoms with Gasteiger partial charge in [0.1, 0.15) is 5.92 Å². The minimum absolute atomic E-state index is 0.153. The van der Waals surface area contributed by atoms with Crippen molar-refractivity contribution in [3.05, 3.63) is 24.9 Å². The molecule has 1 rings (SSSR count). The van der Waals surface area contributed by atoms with E-state index in [2.05, 4.69) is 23.8 Å². The van der Waals surface area contributed by atoms with Gasteiger partial charge in [-0.1, -0.05) is 13.2 Å². The Hall–Kier alpha value is -2.11. The molecule has 21 heavy (non-hydrogen) atoms. The molecule has 1 atom stereocenters. The summed E-state index contributed by atoms with van der Waals surface area (Å²) in [7, 11) is 0. The third kappa shape index (κ3) is 5.06. The highest BCUT2D eigenvalue weighted by Crippen LogP contribution is 2.18. The number of unbranched alkanes of at least 4 members (excludes halogenated alkanes) is 1. The molecule has 1 heterocycles. The first-order valence-corrected chi connectivity index (χ1v) is 7.11. The highest BCUT2D eigenvalue weighted by Gasteiger charge is 2.35. The summed E-state index contributed by atoms with van der Waals surface area (Å²) in [4.78, 5) is 36.4. The second-order valence-electron chi connectivity index (χ2n) is 5.09. The minimum atomic E-state index is -0.592. The first kappa shape index (κ1) is 16.9. The zero-order valence-electron chi connectivity index (χ0n) is 12.5. The van der Waals surface area contributed by atoms with Crippen LogP contribution in [-0.4, -0.2) is 42.3 Å². The topological polar surface area (TPSA) is 78.5 Å². The molecule has 1 saturated heterocycles. The standard InChI is InChI=1S/C15H23N3O3/c1-4-18-10-7-12(15(18)21)14(20)17-9-6-5-8-16-13(19)11(2)3/h4,12H,1-2,5-10H2,3H3,(H,16,19)(H,17,20). The number of carbonyl (C=O) groups is 3. The van der Waals surface area contributed by atoms with Gasteiger partial charge in [-0.3, -0.25) is 14.4 Å². The van der Waals surface area contributed by atoms with Crippen molar-refractivity contribution >= 4 is 17.7 Å². The molecule has 0 saturated carbocycles. The maximum atomic E-state index is 11.9. The molecule has 1 fully saturated rings. The van der Waals surface area contributed by atoms with Gasteiger partial charge in [0.2, 0.25) is 17.7 Å². The van der Waals surface area contributed by atoms with Gasteiger partial charge in [0.05, 0.1) is 0 Å². The molecular weight excluding hydrogens is 270 g/mol. The number of carbonyl (C=O) groups excluding carboxylic acids is 3. The molecule has 0 radical (unpaired) electrons. The molecule has 6 nitrogen and oxygen atoms in total. The van der Waals surface area contributed by atoms with Gasteiger partial charge in [-0.15, -0.1) is 0 Å². The number of likely N-dealkylation sites (tertiary alicyclic amines) is 1. The van der Waals surface area contributed by atoms with Crippen molar-refractivity contribution in [2.24, 2.45) is 5.92 Å². The van der Waals surface area contributed by atoms with Crippen LogP contribution in [0, 0.1) is 5.92 Å². The van der Waals surface area contributed by atoms with Crippen molar-refractivity contribution in [3.63, 3.8) is 0 Å². The summed E-state index contributed by atoms with van der Waals surface area (Å²) in [5.41, 5.74) is 0.481. The Morgan fingerprint density at radius 3 is 2.48 bits per heavy atom. The van der Waals surface area contributed by atoms with E-state index in [4.69, 9.17) is 0 Å². The lowest BCUT2D eigenvalue weighted by Crippen LogP contribution is -2.36. The number of hydrogen-bond donors (Lipinski definition) is 2. The molecule has 0 aromatic heterocycles. The Balaban J connectivity index is 2.14. The lowest BCUT2D eigenvalue weighted by atomic mass is 10.1. The normalized spacial score (nSPS) is 17.5. The maximum absolute atomic E-state index is 11.9. The first-order valence-electron chi connectivity index (χ1n) is 7.11. The van der Waals surface area contributed by atoms with Gasteiger partial charge < -0.3 is 15.5 Å². The zero-order chi connectivity index (χ0) is 15.8. The third-order valence-electron chi connectivity index (χ3n) is 3.35. The Morgan fingerprint density at radius 2 is 1.95 bits per heavy atom. The lowest BCUT2D eigenvalue weighted by molar-refractivity contribution is -0.136. The summed E-state index contributed by atoms with van der Waals surface area (Å²) < 4.78 is 0. The quantitative estimate of drug-likeness (QED) is 0.390. The van der Waals surface area contributed by atoms with E-state index in [-0.39, 0.29) is 17.7 Å². The molecule has 1 aliphatic rings. The maximum Gasteiger partial charge on any atom is 0.246 e. The van der Waals surface area contributed by atoms with Crippen LogP contribution in [0.2, 0.25) is 0 Å². The Morgan fingerprint density at radius 1 is 1.33 bits per heavy atom. The summed E-state index contributed by atoms with van der Waals surface area (Å²) in [6.07, 6.45) is 3.50. The van der Waals surface area contributed by atoms with Gasteiger partial charge in [-0.25, -0.2) is 0 Å². The highest BCUT2D eigenvalue weighted by molar-refractivity contribution is 6.01. The van der Waals surface area contributed by atoms with Gasteiger partial charge in [0.25, 0.3) is 0 Å². The average Bonchev–Trinajstić information content (AvgIpc) is 2.82. The van der Waals surface area contributed by atoms with Crippen LogP contribution in [0.1, 0.15) is 26.2 Å². The molecule has 0 aliphatic carbocycles. The molecule has 0 aromatic carbocycles. The Labute approximate surface area is 125 Å². The van der Waals surface area contributed by atoms with Crippen molar-refractivity contribution in [2.75, 3.05) is 19.6 Å². The van der Waals surface area contributed by atoms with Gasteiger partial charge >= 0.3 is 0 Å². The number of nitrogens with one attached hydrogen (secondary N) is 2. The van der Waals surface area contributed by atoms with E-state index in [0.717, 1.165) is 12.8 Å². The Kier molecular flexibility index (Phi) is 6.65. The lowest BCUT2D eigenvalue weighted by Gasteiger charge is -2.11. The third-order valence-corrected chi connectivity index (χ3v) is 3.35. The van der Waals surface area contributed by atoms with E-state index in [0.29, 0.717) is 31.6 Å². The fourth-order valence-electron chi connectivity index (χ4n) is 2.06. The molecule has 0 bridgehead atoms. The van der Waals surface area contributed by atoms with Crippen LogP contribution in [0.25, 0.3) is 0 Å². The number of nitrogens with zero attached hydrogens (tertiary/aromatic N) is 1. The number of hydrogen-bond acceptors (Lipinski definition) is 3. The zero-order valence-corrected chi connectivity index (χ0v) is 12.5. The van der Waals surface area contributed by atoms with Crippen LogP contribution >= 0.6 is 0 Å². The van der Waals surface area contributed by atoms with E-state index < -0.39 is 5.92 Å². The summed E-state index contributed by atoms with van der Waals surface area (Å²) in [6, 6.07) is 0. The van der Waals surface area contributed by atoms with Gasteiger partial charge in [0, 0.05) is 25.2 Å². The molecule has 1 unspecified atom stereocenters. The number of rotatable bonds is 8. The Bertz CT molecular complexity index is 445. The largest absolute Gasteiger partial charge is 0.355 e. The second kappa shape index (κ2) is 8.24. The predicted octanol–water partition coefficient (Wildman–Crippen LogP) is 0.567. The van der Waals surface area contributed by atoms with Crippen LogP contribution < -0.4 is 10.6 Å². The molecule has 2 N–H and O–H groups in total. The molecule has 6 heteroatoms. The van der Waals surface area contributed by atoms with Crippen LogP contribution in [0.4, 0.5) is 0 Å². The highest BCUT2D eigenvalue weighted by atomic mass is 16.2.